The molecule has 2 aromatic heterocycles. The summed E-state index contributed by atoms with van der Waals surface area (Å²) in [7, 11) is 1.62. The summed E-state index contributed by atoms with van der Waals surface area (Å²) < 4.78 is 12.0. The van der Waals surface area contributed by atoms with E-state index in [9.17, 15) is 4.79 Å². The zero-order chi connectivity index (χ0) is 13.9. The Morgan fingerprint density at radius 3 is 3.25 bits per heavy atom. The van der Waals surface area contributed by atoms with Gasteiger partial charge in [-0.1, -0.05) is 5.21 Å². The number of ether oxygens (including phenoxy) is 1. The largest absolute Gasteiger partial charge is 0.459 e. The molecule has 106 valence electrons. The van der Waals surface area contributed by atoms with E-state index in [1.54, 1.807) is 24.1 Å². The molecule has 7 heteroatoms. The van der Waals surface area contributed by atoms with Crippen molar-refractivity contribution in [2.45, 2.75) is 19.1 Å². The van der Waals surface area contributed by atoms with Gasteiger partial charge in [-0.05, 0) is 18.6 Å². The Morgan fingerprint density at radius 2 is 2.50 bits per heavy atom. The van der Waals surface area contributed by atoms with Crippen molar-refractivity contribution < 1.29 is 13.9 Å². The van der Waals surface area contributed by atoms with Crippen LogP contribution in [0.1, 0.15) is 28.7 Å². The van der Waals surface area contributed by atoms with Crippen LogP contribution in [0.25, 0.3) is 0 Å². The molecule has 20 heavy (non-hydrogen) atoms. The first-order chi connectivity index (χ1) is 9.78. The number of furan rings is 1. The maximum absolute atomic E-state index is 12.2. The predicted octanol–water partition coefficient (Wildman–Crippen LogP) is 1.10. The topological polar surface area (TPSA) is 73.4 Å². The van der Waals surface area contributed by atoms with Gasteiger partial charge in [-0.3, -0.25) is 4.79 Å². The number of amides is 1. The number of nitrogens with zero attached hydrogens (tertiary/aromatic N) is 4. The van der Waals surface area contributed by atoms with Crippen molar-refractivity contribution in [2.24, 2.45) is 0 Å². The van der Waals surface area contributed by atoms with Crippen LogP contribution in [0.15, 0.2) is 29.0 Å². The zero-order valence-corrected chi connectivity index (χ0v) is 11.2. The lowest BCUT2D eigenvalue weighted by Gasteiger charge is -2.14. The Morgan fingerprint density at radius 1 is 1.60 bits per heavy atom. The van der Waals surface area contributed by atoms with Crippen LogP contribution < -0.4 is 0 Å². The third-order valence-corrected chi connectivity index (χ3v) is 3.41. The summed E-state index contributed by atoms with van der Waals surface area (Å²) in [5.41, 5.74) is 0.795. The van der Waals surface area contributed by atoms with E-state index >= 15 is 0 Å². The second-order valence-electron chi connectivity index (χ2n) is 4.79. The third-order valence-electron chi connectivity index (χ3n) is 3.41. The lowest BCUT2D eigenvalue weighted by Crippen LogP contribution is -2.28. The van der Waals surface area contributed by atoms with Gasteiger partial charge in [-0.2, -0.15) is 0 Å². The molecule has 1 atom stereocenters. The van der Waals surface area contributed by atoms with E-state index in [-0.39, 0.29) is 11.9 Å². The number of carbonyl (C=O) groups is 1. The molecule has 1 saturated heterocycles. The molecule has 0 radical (unpaired) electrons. The number of carbonyl (C=O) groups excluding carboxylic acids is 1. The highest BCUT2D eigenvalue weighted by Crippen LogP contribution is 2.22. The van der Waals surface area contributed by atoms with Crippen molar-refractivity contribution in [3.63, 3.8) is 0 Å². The van der Waals surface area contributed by atoms with Crippen molar-refractivity contribution in [1.82, 2.24) is 19.9 Å². The van der Waals surface area contributed by atoms with Crippen molar-refractivity contribution in [3.8, 4) is 0 Å². The molecule has 3 rings (SSSR count). The number of rotatable bonds is 4. The highest BCUT2D eigenvalue weighted by atomic mass is 16.5. The smallest absolute Gasteiger partial charge is 0.289 e. The van der Waals surface area contributed by atoms with Gasteiger partial charge in [-0.15, -0.1) is 5.10 Å². The number of hydrogen-bond acceptors (Lipinski definition) is 5. The van der Waals surface area contributed by atoms with Crippen LogP contribution in [0.4, 0.5) is 0 Å². The molecule has 1 amide bonds. The van der Waals surface area contributed by atoms with E-state index in [1.807, 2.05) is 10.9 Å². The SMILES string of the molecule is COCc1cn(C2CCN(C(=O)c3ccco3)C2)nn1. The van der Waals surface area contributed by atoms with Crippen LogP contribution in [0.3, 0.4) is 0 Å². The summed E-state index contributed by atoms with van der Waals surface area (Å²) in [5, 5.41) is 8.13. The molecule has 1 aliphatic heterocycles. The Labute approximate surface area is 116 Å². The summed E-state index contributed by atoms with van der Waals surface area (Å²) >= 11 is 0. The van der Waals surface area contributed by atoms with Crippen molar-refractivity contribution >= 4 is 5.91 Å². The van der Waals surface area contributed by atoms with Crippen molar-refractivity contribution in [3.05, 3.63) is 36.0 Å². The molecule has 0 N–H and O–H groups in total. The fourth-order valence-electron chi connectivity index (χ4n) is 2.40. The summed E-state index contributed by atoms with van der Waals surface area (Å²) in [6.45, 7) is 1.76. The highest BCUT2D eigenvalue weighted by Gasteiger charge is 2.29. The number of likely N-dealkylation sites (tertiary alicyclic amines) is 1. The van der Waals surface area contributed by atoms with E-state index in [4.69, 9.17) is 9.15 Å². The molecule has 1 unspecified atom stereocenters. The molecule has 1 fully saturated rings. The zero-order valence-electron chi connectivity index (χ0n) is 11.2. The number of hydrogen-bond donors (Lipinski definition) is 0. The van der Waals surface area contributed by atoms with E-state index in [2.05, 4.69) is 10.3 Å². The Kier molecular flexibility index (Phi) is 3.51. The molecule has 7 nitrogen and oxygen atoms in total. The van der Waals surface area contributed by atoms with Crippen LogP contribution in [-0.2, 0) is 11.3 Å². The maximum Gasteiger partial charge on any atom is 0.289 e. The van der Waals surface area contributed by atoms with Crippen molar-refractivity contribution in [1.29, 1.82) is 0 Å². The van der Waals surface area contributed by atoms with Crippen molar-refractivity contribution in [2.75, 3.05) is 20.2 Å². The number of aromatic nitrogens is 3. The summed E-state index contributed by atoms with van der Waals surface area (Å²) in [6.07, 6.45) is 4.24. The highest BCUT2D eigenvalue weighted by molar-refractivity contribution is 5.91. The molecule has 1 aliphatic rings. The van der Waals surface area contributed by atoms with E-state index in [0.29, 0.717) is 25.5 Å². The van der Waals surface area contributed by atoms with Gasteiger partial charge in [-0.25, -0.2) is 4.68 Å². The minimum Gasteiger partial charge on any atom is -0.459 e. The van der Waals surface area contributed by atoms with Gasteiger partial charge < -0.3 is 14.1 Å². The molecule has 0 saturated carbocycles. The van der Waals surface area contributed by atoms with E-state index in [0.717, 1.165) is 12.1 Å². The van der Waals surface area contributed by atoms with Gasteiger partial charge in [0.2, 0.25) is 0 Å². The van der Waals surface area contributed by atoms with Crippen LogP contribution in [0.5, 0.6) is 0 Å². The predicted molar refractivity (Wildman–Crippen MR) is 69.0 cm³/mol. The van der Waals surface area contributed by atoms with Crippen LogP contribution in [-0.4, -0.2) is 46.0 Å². The second-order valence-corrected chi connectivity index (χ2v) is 4.79. The standard InChI is InChI=1S/C13H16N4O3/c1-19-9-10-7-17(15-14-10)11-4-5-16(8-11)13(18)12-3-2-6-20-12/h2-3,6-7,11H,4-5,8-9H2,1H3. The monoisotopic (exact) mass is 276 g/mol. The Bertz CT molecular complexity index is 578. The second kappa shape index (κ2) is 5.46. The van der Waals surface area contributed by atoms with Gasteiger partial charge in [0.05, 0.1) is 25.1 Å². The minimum absolute atomic E-state index is 0.0743. The molecule has 0 aromatic carbocycles. The van der Waals surface area contributed by atoms with Gasteiger partial charge in [0.1, 0.15) is 5.69 Å². The minimum atomic E-state index is -0.0743. The molecule has 0 bridgehead atoms. The first-order valence-corrected chi connectivity index (χ1v) is 6.50. The first kappa shape index (κ1) is 12.9. The average molecular weight is 276 g/mol. The fourth-order valence-corrected chi connectivity index (χ4v) is 2.40. The summed E-state index contributed by atoms with van der Waals surface area (Å²) in [4.78, 5) is 13.9. The fraction of sp³-hybridized carbons (Fsp3) is 0.462. The van der Waals surface area contributed by atoms with Gasteiger partial charge in [0.25, 0.3) is 5.91 Å². The molecule has 0 aliphatic carbocycles. The van der Waals surface area contributed by atoms with E-state index < -0.39 is 0 Å². The van der Waals surface area contributed by atoms with Crippen LogP contribution >= 0.6 is 0 Å². The molecular formula is C13H16N4O3. The molecular weight excluding hydrogens is 260 g/mol. The van der Waals surface area contributed by atoms with Gasteiger partial charge in [0, 0.05) is 20.2 Å². The summed E-state index contributed by atoms with van der Waals surface area (Å²) in [5.74, 6) is 0.305. The maximum atomic E-state index is 12.2. The van der Waals surface area contributed by atoms with Crippen LogP contribution in [0, 0.1) is 0 Å². The molecule has 2 aromatic rings. The lowest BCUT2D eigenvalue weighted by atomic mass is 10.3. The quantitative estimate of drug-likeness (QED) is 0.836. The van der Waals surface area contributed by atoms with E-state index in [1.165, 1.54) is 6.26 Å². The third kappa shape index (κ3) is 2.44. The first-order valence-electron chi connectivity index (χ1n) is 6.50. The number of methoxy groups -OCH3 is 1. The molecule has 3 heterocycles. The molecule has 0 spiro atoms. The Hall–Kier alpha value is -2.15. The normalized spacial score (nSPS) is 18.6. The van der Waals surface area contributed by atoms with Crippen LogP contribution in [0.2, 0.25) is 0 Å². The average Bonchev–Trinajstić information content (AvgIpc) is 3.19. The van der Waals surface area contributed by atoms with Gasteiger partial charge in [0.15, 0.2) is 5.76 Å². The Balaban J connectivity index is 1.65. The van der Waals surface area contributed by atoms with Gasteiger partial charge >= 0.3 is 0 Å². The summed E-state index contributed by atoms with van der Waals surface area (Å²) in [6, 6.07) is 3.56. The lowest BCUT2D eigenvalue weighted by molar-refractivity contribution is 0.0755.